The first-order valence-electron chi connectivity index (χ1n) is 11.7. The third kappa shape index (κ3) is 7.47. The lowest BCUT2D eigenvalue weighted by molar-refractivity contribution is -0.112. The Kier molecular flexibility index (Phi) is 8.59. The molecule has 0 aliphatic rings. The summed E-state index contributed by atoms with van der Waals surface area (Å²) in [5, 5.41) is 12.7. The van der Waals surface area contributed by atoms with Gasteiger partial charge in [-0.05, 0) is 66.1 Å². The molecule has 184 valence electrons. The molecule has 0 heterocycles. The molecular weight excluding hydrogens is 484 g/mol. The van der Waals surface area contributed by atoms with Crippen molar-refractivity contribution in [2.75, 3.05) is 5.32 Å². The van der Waals surface area contributed by atoms with Gasteiger partial charge in [-0.25, -0.2) is 0 Å². The molecule has 0 fully saturated rings. The Morgan fingerprint density at radius 2 is 1.57 bits per heavy atom. The van der Waals surface area contributed by atoms with E-state index in [1.165, 1.54) is 11.6 Å². The van der Waals surface area contributed by atoms with Crippen LogP contribution in [0.1, 0.15) is 22.3 Å². The number of rotatable bonds is 9. The zero-order valence-electron chi connectivity index (χ0n) is 20.3. The number of ether oxygens (including phenoxy) is 2. The van der Waals surface area contributed by atoms with Crippen LogP contribution in [0.4, 0.5) is 5.69 Å². The molecule has 0 aliphatic carbocycles. The van der Waals surface area contributed by atoms with E-state index in [-0.39, 0.29) is 5.57 Å². The molecule has 4 aromatic carbocycles. The average Bonchev–Trinajstić information content (AvgIpc) is 2.92. The lowest BCUT2D eigenvalue weighted by Gasteiger charge is -2.09. The van der Waals surface area contributed by atoms with E-state index in [4.69, 9.17) is 21.1 Å². The minimum Gasteiger partial charge on any atom is -0.489 e. The van der Waals surface area contributed by atoms with Crippen LogP contribution in [0.5, 0.6) is 11.5 Å². The topological polar surface area (TPSA) is 71.3 Å². The van der Waals surface area contributed by atoms with E-state index in [1.807, 2.05) is 67.6 Å². The highest BCUT2D eigenvalue weighted by Gasteiger charge is 2.11. The number of anilines is 1. The lowest BCUT2D eigenvalue weighted by atomic mass is 10.1. The number of amides is 1. The molecule has 1 N–H and O–H groups in total. The summed E-state index contributed by atoms with van der Waals surface area (Å²) in [5.74, 6) is 0.686. The molecule has 5 nitrogen and oxygen atoms in total. The Labute approximate surface area is 221 Å². The van der Waals surface area contributed by atoms with Crippen molar-refractivity contribution < 1.29 is 14.3 Å². The number of nitrogens with zero attached hydrogens (tertiary/aromatic N) is 1. The normalized spacial score (nSPS) is 10.9. The van der Waals surface area contributed by atoms with Crippen LogP contribution in [0.25, 0.3) is 6.08 Å². The van der Waals surface area contributed by atoms with Crippen LogP contribution in [0.15, 0.2) is 103 Å². The van der Waals surface area contributed by atoms with E-state index in [0.717, 1.165) is 11.1 Å². The van der Waals surface area contributed by atoms with Crippen LogP contribution in [0.2, 0.25) is 5.02 Å². The van der Waals surface area contributed by atoms with E-state index in [9.17, 15) is 10.1 Å². The van der Waals surface area contributed by atoms with E-state index in [0.29, 0.717) is 41.0 Å². The number of nitrogens with one attached hydrogen (secondary N) is 1. The third-order valence-electron chi connectivity index (χ3n) is 5.51. The number of hydrogen-bond acceptors (Lipinski definition) is 4. The number of aryl methyl sites for hydroxylation is 1. The predicted octanol–water partition coefficient (Wildman–Crippen LogP) is 7.35. The second kappa shape index (κ2) is 12.4. The van der Waals surface area contributed by atoms with Gasteiger partial charge in [-0.2, -0.15) is 5.26 Å². The fraction of sp³-hybridized carbons (Fsp3) is 0.0968. The van der Waals surface area contributed by atoms with Crippen LogP contribution in [-0.4, -0.2) is 5.91 Å². The molecule has 0 atom stereocenters. The summed E-state index contributed by atoms with van der Waals surface area (Å²) < 4.78 is 11.6. The van der Waals surface area contributed by atoms with Crippen LogP contribution in [0, 0.1) is 18.3 Å². The van der Waals surface area contributed by atoms with Gasteiger partial charge in [0, 0.05) is 5.69 Å². The van der Waals surface area contributed by atoms with E-state index in [2.05, 4.69) is 5.32 Å². The molecule has 4 aromatic rings. The quantitative estimate of drug-likeness (QED) is 0.189. The maximum atomic E-state index is 12.7. The molecule has 6 heteroatoms. The highest BCUT2D eigenvalue weighted by atomic mass is 35.5. The monoisotopic (exact) mass is 508 g/mol. The van der Waals surface area contributed by atoms with Gasteiger partial charge >= 0.3 is 0 Å². The number of hydrogen-bond donors (Lipinski definition) is 1. The number of benzene rings is 4. The average molecular weight is 509 g/mol. The summed E-state index contributed by atoms with van der Waals surface area (Å²) in [7, 11) is 0. The van der Waals surface area contributed by atoms with Crippen molar-refractivity contribution in [3.05, 3.63) is 130 Å². The van der Waals surface area contributed by atoms with Gasteiger partial charge < -0.3 is 14.8 Å². The Hall–Kier alpha value is -4.53. The maximum Gasteiger partial charge on any atom is 0.266 e. The number of halogens is 1. The second-order valence-corrected chi connectivity index (χ2v) is 8.79. The first-order chi connectivity index (χ1) is 18.0. The van der Waals surface area contributed by atoms with E-state index in [1.54, 1.807) is 42.5 Å². The molecule has 0 unspecified atom stereocenters. The Balaban J connectivity index is 1.35. The van der Waals surface area contributed by atoms with Crippen molar-refractivity contribution >= 4 is 29.3 Å². The summed E-state index contributed by atoms with van der Waals surface area (Å²) >= 11 is 6.37. The molecule has 0 aromatic heterocycles. The standard InChI is InChI=1S/C31H25ClN2O3/c1-22-7-9-24(10-8-22)20-36-28-14-12-27(13-15-28)34-31(35)26(19-33)17-25-11-16-30(29(32)18-25)37-21-23-5-3-2-4-6-23/h2-18H,20-21H2,1H3,(H,34,35)/b26-17+. The highest BCUT2D eigenvalue weighted by molar-refractivity contribution is 6.32. The van der Waals surface area contributed by atoms with Crippen LogP contribution in [0.3, 0.4) is 0 Å². The zero-order valence-corrected chi connectivity index (χ0v) is 21.0. The van der Waals surface area contributed by atoms with Gasteiger partial charge in [-0.1, -0.05) is 77.8 Å². The largest absolute Gasteiger partial charge is 0.489 e. The number of carbonyl (C=O) groups excluding carboxylic acids is 1. The maximum absolute atomic E-state index is 12.7. The molecule has 0 spiro atoms. The first kappa shape index (κ1) is 25.6. The molecule has 37 heavy (non-hydrogen) atoms. The van der Waals surface area contributed by atoms with Gasteiger partial charge in [0.25, 0.3) is 5.91 Å². The zero-order chi connectivity index (χ0) is 26.0. The van der Waals surface area contributed by atoms with E-state index < -0.39 is 5.91 Å². The van der Waals surface area contributed by atoms with Crippen LogP contribution < -0.4 is 14.8 Å². The fourth-order valence-electron chi connectivity index (χ4n) is 3.46. The van der Waals surface area contributed by atoms with Crippen molar-refractivity contribution in [2.24, 2.45) is 0 Å². The van der Waals surface area contributed by atoms with Crippen molar-refractivity contribution in [3.8, 4) is 17.6 Å². The van der Waals surface area contributed by atoms with Crippen molar-refractivity contribution in [3.63, 3.8) is 0 Å². The van der Waals surface area contributed by atoms with Crippen molar-refractivity contribution in [2.45, 2.75) is 20.1 Å². The smallest absolute Gasteiger partial charge is 0.266 e. The van der Waals surface area contributed by atoms with Gasteiger partial charge in [0.15, 0.2) is 0 Å². The van der Waals surface area contributed by atoms with Gasteiger partial charge in [-0.15, -0.1) is 0 Å². The Bertz CT molecular complexity index is 1420. The highest BCUT2D eigenvalue weighted by Crippen LogP contribution is 2.27. The Morgan fingerprint density at radius 1 is 0.892 bits per heavy atom. The molecule has 0 saturated carbocycles. The number of nitriles is 1. The van der Waals surface area contributed by atoms with Gasteiger partial charge in [0.2, 0.25) is 0 Å². The minimum absolute atomic E-state index is 0.0475. The molecule has 1 amide bonds. The SMILES string of the molecule is Cc1ccc(COc2ccc(NC(=O)/C(C#N)=C/c3ccc(OCc4ccccc4)c(Cl)c3)cc2)cc1. The minimum atomic E-state index is -0.517. The summed E-state index contributed by atoms with van der Waals surface area (Å²) in [4.78, 5) is 12.7. The Morgan fingerprint density at radius 3 is 2.24 bits per heavy atom. The van der Waals surface area contributed by atoms with E-state index >= 15 is 0 Å². The molecule has 0 bridgehead atoms. The first-order valence-corrected chi connectivity index (χ1v) is 12.1. The molecule has 0 radical (unpaired) electrons. The lowest BCUT2D eigenvalue weighted by Crippen LogP contribution is -2.13. The molecular formula is C31H25ClN2O3. The van der Waals surface area contributed by atoms with Gasteiger partial charge in [-0.3, -0.25) is 4.79 Å². The molecule has 4 rings (SSSR count). The third-order valence-corrected chi connectivity index (χ3v) is 5.80. The fourth-order valence-corrected chi connectivity index (χ4v) is 3.70. The summed E-state index contributed by atoms with van der Waals surface area (Å²) in [6, 6.07) is 32.0. The van der Waals surface area contributed by atoms with Gasteiger partial charge in [0.05, 0.1) is 5.02 Å². The van der Waals surface area contributed by atoms with Crippen LogP contribution in [-0.2, 0) is 18.0 Å². The molecule has 0 saturated heterocycles. The summed E-state index contributed by atoms with van der Waals surface area (Å²) in [6.45, 7) is 2.88. The summed E-state index contributed by atoms with van der Waals surface area (Å²) in [6.07, 6.45) is 1.49. The van der Waals surface area contributed by atoms with Gasteiger partial charge in [0.1, 0.15) is 36.4 Å². The number of carbonyl (C=O) groups is 1. The second-order valence-electron chi connectivity index (χ2n) is 8.39. The van der Waals surface area contributed by atoms with Crippen molar-refractivity contribution in [1.82, 2.24) is 0 Å². The summed E-state index contributed by atoms with van der Waals surface area (Å²) in [5.41, 5.74) is 4.41. The predicted molar refractivity (Wildman–Crippen MR) is 146 cm³/mol. The van der Waals surface area contributed by atoms with Crippen molar-refractivity contribution in [1.29, 1.82) is 5.26 Å². The molecule has 0 aliphatic heterocycles. The van der Waals surface area contributed by atoms with Crippen LogP contribution >= 0.6 is 11.6 Å².